The highest BCUT2D eigenvalue weighted by atomic mass is 19.1. The van der Waals surface area contributed by atoms with Crippen LogP contribution in [0.4, 0.5) is 20.2 Å². The van der Waals surface area contributed by atoms with Crippen LogP contribution >= 0.6 is 0 Å². The fraction of sp³-hybridized carbons (Fsp3) is 0.261. The van der Waals surface area contributed by atoms with Crippen LogP contribution in [-0.2, 0) is 0 Å². The van der Waals surface area contributed by atoms with Crippen molar-refractivity contribution in [1.82, 2.24) is 0 Å². The van der Waals surface area contributed by atoms with Crippen molar-refractivity contribution in [3.05, 3.63) is 77.0 Å². The first-order valence-electron chi connectivity index (χ1n) is 9.54. The molecule has 0 amide bonds. The zero-order valence-electron chi connectivity index (χ0n) is 15.9. The largest absolute Gasteiger partial charge is 0.398 e. The number of nitrogens with one attached hydrogen (secondary N) is 2. The maximum atomic E-state index is 14.4. The molecule has 1 aliphatic rings. The Hall–Kier alpha value is -2.95. The van der Waals surface area contributed by atoms with E-state index >= 15 is 0 Å². The van der Waals surface area contributed by atoms with Crippen LogP contribution in [-0.4, -0.2) is 5.71 Å². The third-order valence-electron chi connectivity index (χ3n) is 4.69. The van der Waals surface area contributed by atoms with Gasteiger partial charge in [0, 0.05) is 16.9 Å². The van der Waals surface area contributed by atoms with Crippen LogP contribution in [0.5, 0.6) is 0 Å². The summed E-state index contributed by atoms with van der Waals surface area (Å²) in [5.41, 5.74) is 8.87. The number of rotatable bonds is 8. The lowest BCUT2D eigenvalue weighted by molar-refractivity contribution is 0.627. The molecule has 0 spiro atoms. The number of allylic oxidation sites excluding steroid dienone is 3. The van der Waals surface area contributed by atoms with Gasteiger partial charge in [-0.25, -0.2) is 8.78 Å². The van der Waals surface area contributed by atoms with Crippen LogP contribution < -0.4 is 11.1 Å². The number of nitrogens with two attached hydrogens (primary N) is 1. The summed E-state index contributed by atoms with van der Waals surface area (Å²) in [4.78, 5) is 0. The van der Waals surface area contributed by atoms with Crippen LogP contribution in [0.15, 0.2) is 54.2 Å². The standard InChI is InChI=1S/C23H25F2N3/c1-2-3-18(12-16-4-5-16)28-23-13-19(22(27)14-20(23)25)21(26)11-8-15-6-9-17(24)10-7-15/h3,6-11,13-14,16,26,28H,2,4-5,12,27H2,1H3/b11-8+,18-3+,26-21?. The molecule has 1 aliphatic carbocycles. The molecule has 3 rings (SSSR count). The number of nitrogen functional groups attached to an aromatic ring is 1. The SMILES string of the molecule is CC/C=C(\CC1CC1)Nc1cc(C(=N)/C=C/c2ccc(F)cc2)c(N)cc1F. The minimum atomic E-state index is -0.436. The molecular weight excluding hydrogens is 356 g/mol. The molecule has 2 aromatic carbocycles. The second-order valence-electron chi connectivity index (χ2n) is 7.13. The zero-order chi connectivity index (χ0) is 20.1. The molecule has 0 heterocycles. The van der Waals surface area contributed by atoms with E-state index in [2.05, 4.69) is 18.3 Å². The van der Waals surface area contributed by atoms with Crippen LogP contribution in [0.1, 0.15) is 43.7 Å². The van der Waals surface area contributed by atoms with E-state index in [-0.39, 0.29) is 17.2 Å². The van der Waals surface area contributed by atoms with Gasteiger partial charge in [-0.15, -0.1) is 0 Å². The van der Waals surface area contributed by atoms with Crippen molar-refractivity contribution in [3.8, 4) is 0 Å². The summed E-state index contributed by atoms with van der Waals surface area (Å²) < 4.78 is 27.4. The lowest BCUT2D eigenvalue weighted by Gasteiger charge is -2.14. The average molecular weight is 381 g/mol. The van der Waals surface area contributed by atoms with Crippen molar-refractivity contribution >= 4 is 23.2 Å². The first kappa shape index (κ1) is 19.8. The van der Waals surface area contributed by atoms with Crippen LogP contribution in [0.3, 0.4) is 0 Å². The molecule has 0 saturated heterocycles. The van der Waals surface area contributed by atoms with Gasteiger partial charge >= 0.3 is 0 Å². The molecule has 0 unspecified atom stereocenters. The number of anilines is 2. The van der Waals surface area contributed by atoms with Crippen molar-refractivity contribution in [2.45, 2.75) is 32.6 Å². The molecule has 0 aliphatic heterocycles. The summed E-state index contributed by atoms with van der Waals surface area (Å²) >= 11 is 0. The van der Waals surface area contributed by atoms with Gasteiger partial charge in [-0.1, -0.05) is 31.2 Å². The van der Waals surface area contributed by atoms with E-state index in [4.69, 9.17) is 11.1 Å². The number of halogens is 2. The molecule has 146 valence electrons. The van der Waals surface area contributed by atoms with Gasteiger partial charge in [0.2, 0.25) is 0 Å². The van der Waals surface area contributed by atoms with Crippen molar-refractivity contribution in [2.24, 2.45) is 5.92 Å². The van der Waals surface area contributed by atoms with Crippen LogP contribution in [0.2, 0.25) is 0 Å². The molecule has 3 nitrogen and oxygen atoms in total. The monoisotopic (exact) mass is 381 g/mol. The topological polar surface area (TPSA) is 61.9 Å². The Morgan fingerprint density at radius 2 is 1.93 bits per heavy atom. The molecule has 1 saturated carbocycles. The summed E-state index contributed by atoms with van der Waals surface area (Å²) in [6.07, 6.45) is 9.58. The fourth-order valence-corrected chi connectivity index (χ4v) is 3.00. The number of benzene rings is 2. The van der Waals surface area contributed by atoms with Crippen molar-refractivity contribution in [3.63, 3.8) is 0 Å². The summed E-state index contributed by atoms with van der Waals surface area (Å²) in [7, 11) is 0. The van der Waals surface area contributed by atoms with Crippen LogP contribution in [0, 0.1) is 23.0 Å². The molecule has 0 atom stereocenters. The molecule has 0 bridgehead atoms. The quantitative estimate of drug-likeness (QED) is 0.380. The third kappa shape index (κ3) is 5.28. The molecule has 2 aromatic rings. The van der Waals surface area contributed by atoms with Crippen molar-refractivity contribution in [2.75, 3.05) is 11.1 Å². The molecule has 1 fully saturated rings. The second kappa shape index (κ2) is 8.83. The van der Waals surface area contributed by atoms with Gasteiger partial charge < -0.3 is 16.5 Å². The maximum absolute atomic E-state index is 14.4. The van der Waals surface area contributed by atoms with Crippen molar-refractivity contribution < 1.29 is 8.78 Å². The Kier molecular flexibility index (Phi) is 6.24. The highest BCUT2D eigenvalue weighted by molar-refractivity contribution is 6.12. The minimum Gasteiger partial charge on any atom is -0.398 e. The number of hydrogen-bond donors (Lipinski definition) is 3. The third-order valence-corrected chi connectivity index (χ3v) is 4.69. The lowest BCUT2D eigenvalue weighted by Crippen LogP contribution is -2.07. The Morgan fingerprint density at radius 1 is 1.21 bits per heavy atom. The van der Waals surface area contributed by atoms with E-state index in [1.54, 1.807) is 30.4 Å². The van der Waals surface area contributed by atoms with E-state index in [1.165, 1.54) is 31.0 Å². The molecular formula is C23H25F2N3. The first-order valence-corrected chi connectivity index (χ1v) is 9.54. The molecule has 5 heteroatoms. The second-order valence-corrected chi connectivity index (χ2v) is 7.13. The van der Waals surface area contributed by atoms with E-state index in [9.17, 15) is 8.78 Å². The maximum Gasteiger partial charge on any atom is 0.148 e. The Balaban J connectivity index is 1.80. The van der Waals surface area contributed by atoms with Gasteiger partial charge in [0.05, 0.1) is 11.4 Å². The van der Waals surface area contributed by atoms with E-state index in [1.807, 2.05) is 0 Å². The summed E-state index contributed by atoms with van der Waals surface area (Å²) in [6.45, 7) is 2.05. The minimum absolute atomic E-state index is 0.160. The average Bonchev–Trinajstić information content (AvgIpc) is 3.47. The smallest absolute Gasteiger partial charge is 0.148 e. The highest BCUT2D eigenvalue weighted by Crippen LogP contribution is 2.36. The first-order chi connectivity index (χ1) is 13.5. The van der Waals surface area contributed by atoms with E-state index in [0.29, 0.717) is 17.2 Å². The predicted octanol–water partition coefficient (Wildman–Crippen LogP) is 6.13. The predicted molar refractivity (Wildman–Crippen MR) is 112 cm³/mol. The Morgan fingerprint density at radius 3 is 2.57 bits per heavy atom. The van der Waals surface area contributed by atoms with Gasteiger partial charge in [0.1, 0.15) is 11.6 Å². The van der Waals surface area contributed by atoms with Gasteiger partial charge in [-0.3, -0.25) is 0 Å². The summed E-state index contributed by atoms with van der Waals surface area (Å²) in [5, 5.41) is 11.5. The molecule has 4 N–H and O–H groups in total. The van der Waals surface area contributed by atoms with Gasteiger partial charge in [-0.05, 0) is 67.5 Å². The number of hydrogen-bond acceptors (Lipinski definition) is 3. The van der Waals surface area contributed by atoms with Crippen LogP contribution in [0.25, 0.3) is 6.08 Å². The normalized spacial score (nSPS) is 14.5. The fourth-order valence-electron chi connectivity index (χ4n) is 3.00. The van der Waals surface area contributed by atoms with Crippen molar-refractivity contribution in [1.29, 1.82) is 5.41 Å². The van der Waals surface area contributed by atoms with Gasteiger partial charge in [0.15, 0.2) is 0 Å². The van der Waals surface area contributed by atoms with Gasteiger partial charge in [-0.2, -0.15) is 0 Å². The Labute approximate surface area is 164 Å². The van der Waals surface area contributed by atoms with E-state index < -0.39 is 5.82 Å². The lowest BCUT2D eigenvalue weighted by atomic mass is 10.0. The molecule has 0 radical (unpaired) electrons. The molecule has 28 heavy (non-hydrogen) atoms. The summed E-state index contributed by atoms with van der Waals surface area (Å²) in [5.74, 6) is -0.0687. The zero-order valence-corrected chi connectivity index (χ0v) is 15.9. The van der Waals surface area contributed by atoms with Gasteiger partial charge in [0.25, 0.3) is 0 Å². The Bertz CT molecular complexity index is 910. The molecule has 0 aromatic heterocycles. The highest BCUT2D eigenvalue weighted by Gasteiger charge is 2.23. The summed E-state index contributed by atoms with van der Waals surface area (Å²) in [6, 6.07) is 8.80. The van der Waals surface area contributed by atoms with E-state index in [0.717, 1.165) is 24.1 Å².